The first-order chi connectivity index (χ1) is 8.75. The third-order valence-electron chi connectivity index (χ3n) is 2.19. The molecule has 0 unspecified atom stereocenters. The Kier molecular flexibility index (Phi) is 4.30. The standard InChI is InChI=1S/C13H11BrN2O2/c14-11-7-4-8-15-12(11)16-13(17)18-9-10-5-2-1-3-6-10/h1-8H,9H2,(H,15,16,17). The van der Waals surface area contributed by atoms with Gasteiger partial charge in [-0.1, -0.05) is 30.3 Å². The summed E-state index contributed by atoms with van der Waals surface area (Å²) in [6.45, 7) is 0.233. The van der Waals surface area contributed by atoms with Gasteiger partial charge in [-0.15, -0.1) is 0 Å². The quantitative estimate of drug-likeness (QED) is 0.942. The van der Waals surface area contributed by atoms with Crippen LogP contribution in [0.3, 0.4) is 0 Å². The smallest absolute Gasteiger partial charge is 0.413 e. The van der Waals surface area contributed by atoms with Crippen molar-refractivity contribution in [3.63, 3.8) is 0 Å². The van der Waals surface area contributed by atoms with Crippen LogP contribution in [-0.4, -0.2) is 11.1 Å². The molecule has 4 nitrogen and oxygen atoms in total. The number of rotatable bonds is 3. The van der Waals surface area contributed by atoms with Crippen LogP contribution in [0.5, 0.6) is 0 Å². The molecule has 92 valence electrons. The van der Waals surface area contributed by atoms with E-state index in [9.17, 15) is 4.79 Å². The summed E-state index contributed by atoms with van der Waals surface area (Å²) >= 11 is 3.29. The lowest BCUT2D eigenvalue weighted by molar-refractivity contribution is 0.155. The van der Waals surface area contributed by atoms with Crippen molar-refractivity contribution in [1.29, 1.82) is 0 Å². The zero-order valence-corrected chi connectivity index (χ0v) is 11.1. The SMILES string of the molecule is O=C(Nc1ncccc1Br)OCc1ccccc1. The van der Waals surface area contributed by atoms with Gasteiger partial charge in [0.15, 0.2) is 0 Å². The molecule has 0 aliphatic heterocycles. The Hall–Kier alpha value is -1.88. The maximum atomic E-state index is 11.5. The summed E-state index contributed by atoms with van der Waals surface area (Å²) in [5, 5.41) is 2.56. The summed E-state index contributed by atoms with van der Waals surface area (Å²) in [5.74, 6) is 0.440. The molecule has 1 aromatic carbocycles. The lowest BCUT2D eigenvalue weighted by atomic mass is 10.2. The van der Waals surface area contributed by atoms with Gasteiger partial charge in [-0.3, -0.25) is 5.32 Å². The van der Waals surface area contributed by atoms with E-state index in [1.165, 1.54) is 0 Å². The topological polar surface area (TPSA) is 51.2 Å². The number of hydrogen-bond acceptors (Lipinski definition) is 3. The first kappa shape index (κ1) is 12.6. The number of nitrogens with one attached hydrogen (secondary N) is 1. The number of nitrogens with zero attached hydrogens (tertiary/aromatic N) is 1. The zero-order chi connectivity index (χ0) is 12.8. The molecular weight excluding hydrogens is 296 g/mol. The average Bonchev–Trinajstić information content (AvgIpc) is 2.40. The molecule has 0 saturated heterocycles. The van der Waals surface area contributed by atoms with Gasteiger partial charge < -0.3 is 4.74 Å². The van der Waals surface area contributed by atoms with Crippen molar-refractivity contribution >= 4 is 27.8 Å². The van der Waals surface area contributed by atoms with Gasteiger partial charge in [-0.2, -0.15) is 0 Å². The molecule has 0 bridgehead atoms. The summed E-state index contributed by atoms with van der Waals surface area (Å²) in [6, 6.07) is 13.0. The first-order valence-electron chi connectivity index (χ1n) is 5.34. The summed E-state index contributed by atoms with van der Waals surface area (Å²) in [7, 11) is 0. The van der Waals surface area contributed by atoms with E-state index in [-0.39, 0.29) is 6.61 Å². The predicted molar refractivity (Wildman–Crippen MR) is 72.2 cm³/mol. The summed E-state index contributed by atoms with van der Waals surface area (Å²) < 4.78 is 5.79. The second-order valence-corrected chi connectivity index (χ2v) is 4.37. The number of hydrogen-bond donors (Lipinski definition) is 1. The average molecular weight is 307 g/mol. The molecule has 5 heteroatoms. The van der Waals surface area contributed by atoms with Gasteiger partial charge in [0.2, 0.25) is 0 Å². The monoisotopic (exact) mass is 306 g/mol. The Bertz CT molecular complexity index is 532. The highest BCUT2D eigenvalue weighted by Gasteiger charge is 2.06. The molecule has 1 heterocycles. The van der Waals surface area contributed by atoms with E-state index < -0.39 is 6.09 Å². The number of halogens is 1. The minimum absolute atomic E-state index is 0.233. The van der Waals surface area contributed by atoms with Crippen LogP contribution in [0.4, 0.5) is 10.6 Å². The van der Waals surface area contributed by atoms with Gasteiger partial charge >= 0.3 is 6.09 Å². The number of amides is 1. The van der Waals surface area contributed by atoms with Gasteiger partial charge in [0.1, 0.15) is 12.4 Å². The molecular formula is C13H11BrN2O2. The Morgan fingerprint density at radius 1 is 1.22 bits per heavy atom. The molecule has 1 aromatic heterocycles. The van der Waals surface area contributed by atoms with E-state index in [2.05, 4.69) is 26.2 Å². The summed E-state index contributed by atoms with van der Waals surface area (Å²) in [4.78, 5) is 15.6. The van der Waals surface area contributed by atoms with Gasteiger partial charge in [0.25, 0.3) is 0 Å². The van der Waals surface area contributed by atoms with Crippen LogP contribution >= 0.6 is 15.9 Å². The van der Waals surface area contributed by atoms with Crippen LogP contribution in [0.2, 0.25) is 0 Å². The molecule has 0 saturated carbocycles. The number of carbonyl (C=O) groups is 1. The van der Waals surface area contributed by atoms with Gasteiger partial charge in [0.05, 0.1) is 4.47 Å². The fourth-order valence-electron chi connectivity index (χ4n) is 1.33. The fourth-order valence-corrected chi connectivity index (χ4v) is 1.69. The Labute approximate surface area is 113 Å². The van der Waals surface area contributed by atoms with Crippen LogP contribution in [0.1, 0.15) is 5.56 Å². The van der Waals surface area contributed by atoms with Crippen molar-refractivity contribution in [3.8, 4) is 0 Å². The fraction of sp³-hybridized carbons (Fsp3) is 0.0769. The molecule has 0 fully saturated rings. The van der Waals surface area contributed by atoms with E-state index in [0.29, 0.717) is 10.3 Å². The largest absolute Gasteiger partial charge is 0.444 e. The molecule has 1 N–H and O–H groups in total. The molecule has 18 heavy (non-hydrogen) atoms. The Morgan fingerprint density at radius 2 is 2.00 bits per heavy atom. The van der Waals surface area contributed by atoms with Crippen LogP contribution in [0.15, 0.2) is 53.1 Å². The highest BCUT2D eigenvalue weighted by Crippen LogP contribution is 2.18. The molecule has 0 radical (unpaired) electrons. The first-order valence-corrected chi connectivity index (χ1v) is 6.13. The van der Waals surface area contributed by atoms with Crippen molar-refractivity contribution in [1.82, 2.24) is 4.98 Å². The van der Waals surface area contributed by atoms with Gasteiger partial charge in [0, 0.05) is 6.20 Å². The van der Waals surface area contributed by atoms with E-state index in [0.717, 1.165) is 5.56 Å². The summed E-state index contributed by atoms with van der Waals surface area (Å²) in [5.41, 5.74) is 0.938. The van der Waals surface area contributed by atoms with E-state index >= 15 is 0 Å². The number of pyridine rings is 1. The number of benzene rings is 1. The van der Waals surface area contributed by atoms with E-state index in [1.54, 1.807) is 18.3 Å². The molecule has 0 aliphatic rings. The van der Waals surface area contributed by atoms with Gasteiger partial charge in [-0.25, -0.2) is 9.78 Å². The molecule has 2 aromatic rings. The lowest BCUT2D eigenvalue weighted by Gasteiger charge is -2.07. The third-order valence-corrected chi connectivity index (χ3v) is 2.83. The van der Waals surface area contributed by atoms with Crippen molar-refractivity contribution in [2.24, 2.45) is 0 Å². The highest BCUT2D eigenvalue weighted by atomic mass is 79.9. The second-order valence-electron chi connectivity index (χ2n) is 3.52. The lowest BCUT2D eigenvalue weighted by Crippen LogP contribution is -2.14. The molecule has 0 spiro atoms. The molecule has 0 atom stereocenters. The molecule has 0 aliphatic carbocycles. The zero-order valence-electron chi connectivity index (χ0n) is 9.47. The second kappa shape index (κ2) is 6.16. The number of carbonyl (C=O) groups excluding carboxylic acids is 1. The number of ether oxygens (including phenoxy) is 1. The van der Waals surface area contributed by atoms with Crippen LogP contribution in [0, 0.1) is 0 Å². The molecule has 2 rings (SSSR count). The number of anilines is 1. The predicted octanol–water partition coefficient (Wildman–Crippen LogP) is 3.59. The van der Waals surface area contributed by atoms with E-state index in [1.807, 2.05) is 30.3 Å². The minimum Gasteiger partial charge on any atom is -0.444 e. The van der Waals surface area contributed by atoms with Crippen molar-refractivity contribution in [2.45, 2.75) is 6.61 Å². The maximum absolute atomic E-state index is 11.5. The maximum Gasteiger partial charge on any atom is 0.413 e. The van der Waals surface area contributed by atoms with Crippen LogP contribution in [0.25, 0.3) is 0 Å². The van der Waals surface area contributed by atoms with Gasteiger partial charge in [-0.05, 0) is 33.6 Å². The van der Waals surface area contributed by atoms with Crippen LogP contribution in [-0.2, 0) is 11.3 Å². The minimum atomic E-state index is -0.529. The van der Waals surface area contributed by atoms with E-state index in [4.69, 9.17) is 4.74 Å². The van der Waals surface area contributed by atoms with Crippen LogP contribution < -0.4 is 5.32 Å². The molecule has 1 amide bonds. The Morgan fingerprint density at radius 3 is 2.72 bits per heavy atom. The number of aromatic nitrogens is 1. The third kappa shape index (κ3) is 3.56. The van der Waals surface area contributed by atoms with Crippen molar-refractivity contribution < 1.29 is 9.53 Å². The Balaban J connectivity index is 1.88. The van der Waals surface area contributed by atoms with Crippen molar-refractivity contribution in [3.05, 3.63) is 58.7 Å². The highest BCUT2D eigenvalue weighted by molar-refractivity contribution is 9.10. The summed E-state index contributed by atoms with van der Waals surface area (Å²) in [6.07, 6.45) is 1.07. The normalized spacial score (nSPS) is 9.83. The van der Waals surface area contributed by atoms with Crippen molar-refractivity contribution in [2.75, 3.05) is 5.32 Å².